The van der Waals surface area contributed by atoms with Crippen molar-refractivity contribution in [2.24, 2.45) is 4.36 Å². The predicted molar refractivity (Wildman–Crippen MR) is 112 cm³/mol. The number of hydrogen-bond acceptors (Lipinski definition) is 3. The van der Waals surface area contributed by atoms with E-state index in [1.807, 2.05) is 13.0 Å². The summed E-state index contributed by atoms with van der Waals surface area (Å²) in [6.45, 7) is 1.85. The third-order valence-corrected chi connectivity index (χ3v) is 5.88. The van der Waals surface area contributed by atoms with Crippen molar-refractivity contribution in [2.45, 2.75) is 18.0 Å². The van der Waals surface area contributed by atoms with Gasteiger partial charge in [0.2, 0.25) is 0 Å². The molecule has 3 rings (SSSR count). The fourth-order valence-electron chi connectivity index (χ4n) is 2.63. The molecule has 3 aromatic rings. The number of hydrogen-bond donors (Lipinski definition) is 0. The van der Waals surface area contributed by atoms with E-state index in [2.05, 4.69) is 21.2 Å². The number of halogens is 3. The summed E-state index contributed by atoms with van der Waals surface area (Å²) >= 11 is 0. The van der Waals surface area contributed by atoms with E-state index in [9.17, 15) is 22.2 Å². The number of aryl methyl sites for hydroxylation is 1. The largest absolute Gasteiger partial charge is 0.416 e. The molecule has 0 saturated carbocycles. The molecule has 1 atom stereocenters. The number of rotatable bonds is 2. The number of benzene rings is 2. The average molecular weight is 442 g/mol. The first-order valence-electron chi connectivity index (χ1n) is 9.02. The van der Waals surface area contributed by atoms with Crippen LogP contribution in [0.4, 0.5) is 13.2 Å². The molecule has 158 valence electrons. The van der Waals surface area contributed by atoms with Gasteiger partial charge < -0.3 is 0 Å². The number of amides is 1. The van der Waals surface area contributed by atoms with Crippen molar-refractivity contribution in [3.63, 3.8) is 0 Å². The van der Waals surface area contributed by atoms with Crippen molar-refractivity contribution in [2.75, 3.05) is 6.26 Å². The van der Waals surface area contributed by atoms with Crippen LogP contribution in [0.3, 0.4) is 0 Å². The average Bonchev–Trinajstić information content (AvgIpc) is 2.72. The highest BCUT2D eigenvalue weighted by Gasteiger charge is 2.29. The van der Waals surface area contributed by atoms with E-state index >= 15 is 0 Å². The van der Waals surface area contributed by atoms with Crippen LogP contribution in [-0.2, 0) is 15.9 Å². The third-order valence-electron chi connectivity index (χ3n) is 4.23. The minimum absolute atomic E-state index is 0.112. The van der Waals surface area contributed by atoms with Crippen LogP contribution in [0.15, 0.2) is 76.2 Å². The molecule has 0 saturated heterocycles. The van der Waals surface area contributed by atoms with Gasteiger partial charge in [-0.05, 0) is 55.0 Å². The van der Waals surface area contributed by atoms with Crippen LogP contribution in [0.25, 0.3) is 0 Å². The quantitative estimate of drug-likeness (QED) is 0.519. The molecular formula is C23H17F3N2O2S. The zero-order valence-corrected chi connectivity index (χ0v) is 17.4. The van der Waals surface area contributed by atoms with E-state index < -0.39 is 27.4 Å². The first-order valence-corrected chi connectivity index (χ1v) is 10.9. The molecule has 0 fully saturated rings. The standard InChI is InChI=1S/C23H17F3N2O2S/c1-16-4-3-5-21(12-16)31(2,30)28-22(29)19-13-18(14-27-15-19)7-6-17-8-10-20(11-9-17)23(24,25)26/h3-5,8-15H,1-2H3. The van der Waals surface area contributed by atoms with E-state index in [4.69, 9.17) is 0 Å². The van der Waals surface area contributed by atoms with Gasteiger partial charge >= 0.3 is 6.18 Å². The molecule has 4 nitrogen and oxygen atoms in total. The maximum absolute atomic E-state index is 12.9. The Kier molecular flexibility index (Phi) is 6.27. The Morgan fingerprint density at radius 2 is 1.68 bits per heavy atom. The van der Waals surface area contributed by atoms with Gasteiger partial charge in [-0.3, -0.25) is 9.78 Å². The lowest BCUT2D eigenvalue weighted by Crippen LogP contribution is -2.05. The smallest absolute Gasteiger partial charge is 0.266 e. The monoisotopic (exact) mass is 442 g/mol. The molecule has 2 aromatic carbocycles. The Balaban J connectivity index is 1.85. The number of pyridine rings is 1. The third kappa shape index (κ3) is 5.80. The van der Waals surface area contributed by atoms with Crippen LogP contribution in [0, 0.1) is 18.8 Å². The van der Waals surface area contributed by atoms with E-state index in [0.29, 0.717) is 16.0 Å². The maximum Gasteiger partial charge on any atom is 0.416 e. The van der Waals surface area contributed by atoms with Crippen LogP contribution in [-0.4, -0.2) is 21.4 Å². The first-order chi connectivity index (χ1) is 14.5. The lowest BCUT2D eigenvalue weighted by molar-refractivity contribution is -0.137. The van der Waals surface area contributed by atoms with Gasteiger partial charge in [0.1, 0.15) is 0 Å². The molecular weight excluding hydrogens is 425 g/mol. The minimum atomic E-state index is -4.41. The van der Waals surface area contributed by atoms with Crippen LogP contribution in [0.5, 0.6) is 0 Å². The van der Waals surface area contributed by atoms with Gasteiger partial charge in [0.05, 0.1) is 20.9 Å². The van der Waals surface area contributed by atoms with Crippen molar-refractivity contribution in [1.29, 1.82) is 0 Å². The van der Waals surface area contributed by atoms with Crippen molar-refractivity contribution >= 4 is 15.6 Å². The van der Waals surface area contributed by atoms with Gasteiger partial charge in [-0.15, -0.1) is 0 Å². The summed E-state index contributed by atoms with van der Waals surface area (Å²) in [5.74, 6) is 4.79. The zero-order valence-electron chi connectivity index (χ0n) is 16.6. The molecule has 31 heavy (non-hydrogen) atoms. The molecule has 1 aromatic heterocycles. The number of nitrogens with zero attached hydrogens (tertiary/aromatic N) is 2. The summed E-state index contributed by atoms with van der Waals surface area (Å²) in [4.78, 5) is 16.9. The molecule has 1 heterocycles. The van der Waals surface area contributed by atoms with Crippen molar-refractivity contribution < 1.29 is 22.2 Å². The summed E-state index contributed by atoms with van der Waals surface area (Å²) in [7, 11) is -2.94. The van der Waals surface area contributed by atoms with Gasteiger partial charge in [-0.1, -0.05) is 24.0 Å². The normalized spacial score (nSPS) is 12.9. The summed E-state index contributed by atoms with van der Waals surface area (Å²) in [6.07, 6.45) is -0.315. The topological polar surface area (TPSA) is 59.4 Å². The highest BCUT2D eigenvalue weighted by Crippen LogP contribution is 2.29. The van der Waals surface area contributed by atoms with Crippen LogP contribution in [0.1, 0.15) is 32.6 Å². The Morgan fingerprint density at radius 1 is 1.00 bits per heavy atom. The zero-order chi connectivity index (χ0) is 22.6. The van der Waals surface area contributed by atoms with Gasteiger partial charge in [0.25, 0.3) is 5.91 Å². The molecule has 0 bridgehead atoms. The highest BCUT2D eigenvalue weighted by molar-refractivity contribution is 7.93. The highest BCUT2D eigenvalue weighted by atomic mass is 32.2. The molecule has 0 spiro atoms. The Hall–Kier alpha value is -3.44. The second-order valence-electron chi connectivity index (χ2n) is 6.80. The Labute approximate surface area is 178 Å². The number of aromatic nitrogens is 1. The van der Waals surface area contributed by atoms with E-state index in [0.717, 1.165) is 17.7 Å². The van der Waals surface area contributed by atoms with Crippen LogP contribution in [0.2, 0.25) is 0 Å². The molecule has 0 radical (unpaired) electrons. The molecule has 0 aliphatic rings. The Bertz CT molecular complexity index is 1310. The van der Waals surface area contributed by atoms with Crippen LogP contribution >= 0.6 is 0 Å². The van der Waals surface area contributed by atoms with E-state index in [-0.39, 0.29) is 5.56 Å². The molecule has 0 aliphatic carbocycles. The van der Waals surface area contributed by atoms with Crippen molar-refractivity contribution in [3.8, 4) is 11.8 Å². The fourth-order valence-corrected chi connectivity index (χ4v) is 3.89. The lowest BCUT2D eigenvalue weighted by Gasteiger charge is -2.05. The summed E-state index contributed by atoms with van der Waals surface area (Å²) < 4.78 is 54.7. The van der Waals surface area contributed by atoms with Gasteiger partial charge in [-0.25, -0.2) is 4.21 Å². The van der Waals surface area contributed by atoms with Gasteiger partial charge in [0, 0.05) is 34.7 Å². The molecule has 1 amide bonds. The predicted octanol–water partition coefficient (Wildman–Crippen LogP) is 5.11. The summed E-state index contributed by atoms with van der Waals surface area (Å²) in [5, 5.41) is 0. The molecule has 1 unspecified atom stereocenters. The lowest BCUT2D eigenvalue weighted by atomic mass is 10.1. The van der Waals surface area contributed by atoms with E-state index in [1.54, 1.807) is 18.2 Å². The SMILES string of the molecule is Cc1cccc(S(C)(=O)=NC(=O)c2cncc(C#Cc3ccc(C(F)(F)F)cc3)c2)c1. The molecule has 0 N–H and O–H groups in total. The van der Waals surface area contributed by atoms with E-state index in [1.165, 1.54) is 36.8 Å². The van der Waals surface area contributed by atoms with Crippen LogP contribution < -0.4 is 0 Å². The summed E-state index contributed by atoms with van der Waals surface area (Å²) in [6, 6.07) is 12.8. The number of alkyl halides is 3. The molecule has 8 heteroatoms. The van der Waals surface area contributed by atoms with Crippen molar-refractivity contribution in [1.82, 2.24) is 4.98 Å². The fraction of sp³-hybridized carbons (Fsp3) is 0.130. The molecule has 0 aliphatic heterocycles. The van der Waals surface area contributed by atoms with Gasteiger partial charge in [-0.2, -0.15) is 17.5 Å². The number of carbonyl (C=O) groups excluding carboxylic acids is 1. The van der Waals surface area contributed by atoms with Crippen molar-refractivity contribution in [3.05, 3.63) is 94.8 Å². The number of carbonyl (C=O) groups is 1. The summed E-state index contributed by atoms with van der Waals surface area (Å²) in [5.41, 5.74) is 1.01. The Morgan fingerprint density at radius 3 is 2.32 bits per heavy atom. The minimum Gasteiger partial charge on any atom is -0.266 e. The first kappa shape index (κ1) is 22.2. The van der Waals surface area contributed by atoms with Gasteiger partial charge in [0.15, 0.2) is 0 Å². The second kappa shape index (κ2) is 8.74. The second-order valence-corrected chi connectivity index (χ2v) is 9.06. The maximum atomic E-state index is 12.9.